The first-order chi connectivity index (χ1) is 14.9. The van der Waals surface area contributed by atoms with Gasteiger partial charge in [0.15, 0.2) is 11.5 Å². The second-order valence-electron chi connectivity index (χ2n) is 6.56. The topological polar surface area (TPSA) is 93.9 Å². The molecule has 2 aromatic rings. The first kappa shape index (κ1) is 25.3. The number of primary amides is 1. The minimum absolute atomic E-state index is 0.00699. The van der Waals surface area contributed by atoms with E-state index < -0.39 is 5.91 Å². The first-order valence-electron chi connectivity index (χ1n) is 9.57. The Morgan fingerprint density at radius 1 is 1.16 bits per heavy atom. The van der Waals surface area contributed by atoms with E-state index in [1.54, 1.807) is 24.3 Å². The van der Waals surface area contributed by atoms with Gasteiger partial charge in [-0.15, -0.1) is 6.42 Å². The summed E-state index contributed by atoms with van der Waals surface area (Å²) >= 11 is 0. The maximum Gasteiger partial charge on any atom is 0.251 e. The number of rotatable bonds is 9. The number of terminal acetylenes is 1. The molecular weight excluding hydrogens is 394 g/mol. The van der Waals surface area contributed by atoms with E-state index >= 15 is 0 Å². The molecule has 0 saturated heterocycles. The number of likely N-dealkylation sites (N-methyl/N-ethyl adjacent to an activating group) is 1. The zero-order chi connectivity index (χ0) is 23.1. The summed E-state index contributed by atoms with van der Waals surface area (Å²) in [6, 6.07) is 14.5. The number of nitrogens with zero attached hydrogens (tertiary/aromatic N) is 1. The molecule has 0 spiro atoms. The summed E-state index contributed by atoms with van der Waals surface area (Å²) in [5.74, 6) is 2.96. The zero-order valence-corrected chi connectivity index (χ0v) is 18.1. The molecule has 7 heteroatoms. The van der Waals surface area contributed by atoms with E-state index in [1.165, 1.54) is 13.2 Å². The van der Waals surface area contributed by atoms with Crippen LogP contribution in [0.15, 0.2) is 54.6 Å². The van der Waals surface area contributed by atoms with Crippen molar-refractivity contribution in [2.24, 2.45) is 5.73 Å². The molecule has 7 nitrogen and oxygen atoms in total. The number of carbonyl (C=O) groups excluding carboxylic acids is 2. The predicted octanol–water partition coefficient (Wildman–Crippen LogP) is 2.18. The summed E-state index contributed by atoms with van der Waals surface area (Å²) in [6.07, 6.45) is 7.97. The molecule has 0 bridgehead atoms. The quantitative estimate of drug-likeness (QED) is 0.476. The van der Waals surface area contributed by atoms with Crippen LogP contribution < -0.4 is 20.5 Å². The van der Waals surface area contributed by atoms with Crippen molar-refractivity contribution in [2.45, 2.75) is 0 Å². The average Bonchev–Trinajstić information content (AvgIpc) is 2.77. The van der Waals surface area contributed by atoms with Crippen LogP contribution in [0, 0.1) is 12.3 Å². The smallest absolute Gasteiger partial charge is 0.251 e. The van der Waals surface area contributed by atoms with E-state index in [-0.39, 0.29) is 12.5 Å². The molecule has 0 aliphatic heterocycles. The van der Waals surface area contributed by atoms with E-state index in [0.29, 0.717) is 23.6 Å². The van der Waals surface area contributed by atoms with E-state index in [9.17, 15) is 9.59 Å². The van der Waals surface area contributed by atoms with Gasteiger partial charge in [0.1, 0.15) is 6.61 Å². The number of ether oxygens (including phenoxy) is 2. The van der Waals surface area contributed by atoms with Crippen molar-refractivity contribution in [3.8, 4) is 23.8 Å². The fourth-order valence-electron chi connectivity index (χ4n) is 2.29. The van der Waals surface area contributed by atoms with Gasteiger partial charge in [0.2, 0.25) is 5.91 Å². The minimum atomic E-state index is -0.503. The van der Waals surface area contributed by atoms with Crippen LogP contribution in [-0.4, -0.2) is 57.6 Å². The van der Waals surface area contributed by atoms with Crippen molar-refractivity contribution >= 4 is 17.9 Å². The number of nitrogens with one attached hydrogen (secondary N) is 1. The molecule has 0 aromatic heterocycles. The third-order valence-corrected chi connectivity index (χ3v) is 3.82. The summed E-state index contributed by atoms with van der Waals surface area (Å²) in [5, 5.41) is 2.85. The number of methoxy groups -OCH3 is 1. The van der Waals surface area contributed by atoms with Crippen molar-refractivity contribution in [1.82, 2.24) is 10.2 Å². The summed E-state index contributed by atoms with van der Waals surface area (Å²) in [5.41, 5.74) is 6.50. The first-order valence-corrected chi connectivity index (χ1v) is 9.57. The lowest BCUT2D eigenvalue weighted by Crippen LogP contribution is -2.31. The number of benzene rings is 2. The molecule has 2 amide bonds. The maximum atomic E-state index is 11.5. The average molecular weight is 424 g/mol. The Balaban J connectivity index is 0.000000316. The Hall–Kier alpha value is -3.76. The Morgan fingerprint density at radius 3 is 2.45 bits per heavy atom. The zero-order valence-electron chi connectivity index (χ0n) is 18.1. The van der Waals surface area contributed by atoms with Crippen LogP contribution in [0.5, 0.6) is 11.5 Å². The van der Waals surface area contributed by atoms with E-state index in [0.717, 1.165) is 12.1 Å². The molecule has 0 radical (unpaired) electrons. The lowest BCUT2D eigenvalue weighted by Gasteiger charge is -2.10. The molecule has 164 valence electrons. The van der Waals surface area contributed by atoms with Gasteiger partial charge in [0.25, 0.3) is 5.91 Å². The van der Waals surface area contributed by atoms with Crippen LogP contribution >= 0.6 is 0 Å². The van der Waals surface area contributed by atoms with Gasteiger partial charge in [-0.3, -0.25) is 9.59 Å². The summed E-state index contributed by atoms with van der Waals surface area (Å²) in [6.45, 7) is 1.71. The van der Waals surface area contributed by atoms with E-state index in [4.69, 9.17) is 21.6 Å². The van der Waals surface area contributed by atoms with Crippen molar-refractivity contribution < 1.29 is 19.1 Å². The highest BCUT2D eigenvalue weighted by Gasteiger charge is 2.04. The normalized spacial score (nSPS) is 10.0. The van der Waals surface area contributed by atoms with Gasteiger partial charge in [-0.2, -0.15) is 0 Å². The highest BCUT2D eigenvalue weighted by Crippen LogP contribution is 2.28. The second-order valence-corrected chi connectivity index (χ2v) is 6.56. The van der Waals surface area contributed by atoms with Crippen LogP contribution in [-0.2, 0) is 4.79 Å². The Labute approximate surface area is 183 Å². The molecule has 2 rings (SSSR count). The lowest BCUT2D eigenvalue weighted by molar-refractivity contribution is -0.113. The fourth-order valence-corrected chi connectivity index (χ4v) is 2.29. The van der Waals surface area contributed by atoms with Crippen molar-refractivity contribution in [1.29, 1.82) is 0 Å². The van der Waals surface area contributed by atoms with Crippen LogP contribution in [0.4, 0.5) is 0 Å². The van der Waals surface area contributed by atoms with Gasteiger partial charge < -0.3 is 25.4 Å². The number of nitrogens with two attached hydrogens (primary N) is 1. The number of hydrogen-bond acceptors (Lipinski definition) is 5. The van der Waals surface area contributed by atoms with Gasteiger partial charge in [-0.25, -0.2) is 0 Å². The fraction of sp³-hybridized carbons (Fsp3) is 0.250. The standard InChI is InChI=1S/C13H13NO3.C11H16N2O/c1-3-8-17-11-6-4-10(5-7-13(14)15)9-12(11)16-2;1-13(2)9-8-12-11(14)10-6-4-3-5-7-10/h1,4-7,9H,8H2,2H3,(H2,14,15);3-7H,8-9H2,1-2H3,(H,12,14)/b7-5+;. The SMILES string of the molecule is C#CCOc1ccc(/C=C/C(N)=O)cc1OC.CN(C)CCNC(=O)c1ccccc1. The molecule has 0 aliphatic rings. The van der Waals surface area contributed by atoms with Crippen LogP contribution in [0.3, 0.4) is 0 Å². The molecule has 0 unspecified atom stereocenters. The molecule has 0 fully saturated rings. The van der Waals surface area contributed by atoms with Crippen molar-refractivity contribution in [3.63, 3.8) is 0 Å². The van der Waals surface area contributed by atoms with Gasteiger partial charge in [0, 0.05) is 24.7 Å². The van der Waals surface area contributed by atoms with Crippen molar-refractivity contribution in [3.05, 3.63) is 65.7 Å². The number of amides is 2. The van der Waals surface area contributed by atoms with Gasteiger partial charge >= 0.3 is 0 Å². The maximum absolute atomic E-state index is 11.5. The largest absolute Gasteiger partial charge is 0.493 e. The molecule has 0 aliphatic carbocycles. The molecular formula is C24H29N3O4. The minimum Gasteiger partial charge on any atom is -0.493 e. The van der Waals surface area contributed by atoms with E-state index in [2.05, 4.69) is 11.2 Å². The summed E-state index contributed by atoms with van der Waals surface area (Å²) < 4.78 is 10.4. The number of hydrogen-bond donors (Lipinski definition) is 2. The second kappa shape index (κ2) is 14.3. The Kier molecular flexibility index (Phi) is 11.6. The number of carbonyl (C=O) groups is 2. The molecule has 0 heterocycles. The Morgan fingerprint density at radius 2 is 1.87 bits per heavy atom. The van der Waals surface area contributed by atoms with Gasteiger partial charge in [0.05, 0.1) is 7.11 Å². The third kappa shape index (κ3) is 10.5. The third-order valence-electron chi connectivity index (χ3n) is 3.82. The molecule has 0 atom stereocenters. The van der Waals surface area contributed by atoms with Crippen LogP contribution in [0.25, 0.3) is 6.08 Å². The van der Waals surface area contributed by atoms with Crippen molar-refractivity contribution in [2.75, 3.05) is 40.9 Å². The highest BCUT2D eigenvalue weighted by atomic mass is 16.5. The van der Waals surface area contributed by atoms with E-state index in [1.807, 2.05) is 49.3 Å². The molecule has 3 N–H and O–H groups in total. The summed E-state index contributed by atoms with van der Waals surface area (Å²) in [7, 11) is 5.49. The van der Waals surface area contributed by atoms with Crippen LogP contribution in [0.1, 0.15) is 15.9 Å². The molecule has 31 heavy (non-hydrogen) atoms. The summed E-state index contributed by atoms with van der Waals surface area (Å²) in [4.78, 5) is 24.1. The van der Waals surface area contributed by atoms with Gasteiger partial charge in [-0.1, -0.05) is 30.2 Å². The highest BCUT2D eigenvalue weighted by molar-refractivity contribution is 5.94. The monoisotopic (exact) mass is 423 g/mol. The predicted molar refractivity (Wildman–Crippen MR) is 123 cm³/mol. The molecule has 0 saturated carbocycles. The Bertz CT molecular complexity index is 903. The molecule has 2 aromatic carbocycles. The van der Waals surface area contributed by atoms with Crippen LogP contribution in [0.2, 0.25) is 0 Å². The lowest BCUT2D eigenvalue weighted by atomic mass is 10.2. The van der Waals surface area contributed by atoms with Gasteiger partial charge in [-0.05, 0) is 50.0 Å².